The Morgan fingerprint density at radius 3 is 2.44 bits per heavy atom. The molecule has 4 nitrogen and oxygen atoms in total. The fourth-order valence-corrected chi connectivity index (χ4v) is 9.45. The van der Waals surface area contributed by atoms with Gasteiger partial charge in [0.1, 0.15) is 5.78 Å². The molecule has 0 radical (unpaired) electrons. The number of hydrogen-bond donors (Lipinski definition) is 1. The van der Waals surface area contributed by atoms with Gasteiger partial charge in [-0.25, -0.2) is 0 Å². The predicted octanol–water partition coefficient (Wildman–Crippen LogP) is 5.80. The smallest absolute Gasteiger partial charge is 0.305 e. The lowest BCUT2D eigenvalue weighted by molar-refractivity contribution is -0.170. The SMILES string of the molecule is CCOC(=O)CC[C@@H](C)C1CCC2C3C(=O)CC4[C@H](CC)[C@H](O)CC[C@]4(C)C3CC[C@@]21C. The van der Waals surface area contributed by atoms with E-state index in [1.165, 1.54) is 19.3 Å². The van der Waals surface area contributed by atoms with Gasteiger partial charge in [0.2, 0.25) is 0 Å². The first-order chi connectivity index (χ1) is 15.2. The summed E-state index contributed by atoms with van der Waals surface area (Å²) in [4.78, 5) is 25.6. The third-order valence-electron chi connectivity index (χ3n) is 11.1. The Morgan fingerprint density at radius 2 is 1.75 bits per heavy atom. The highest BCUT2D eigenvalue weighted by atomic mass is 16.5. The molecule has 10 atom stereocenters. The van der Waals surface area contributed by atoms with Crippen LogP contribution in [0.25, 0.3) is 0 Å². The first-order valence-corrected chi connectivity index (χ1v) is 13.5. The van der Waals surface area contributed by atoms with Crippen LogP contribution in [0, 0.1) is 52.3 Å². The van der Waals surface area contributed by atoms with Crippen LogP contribution in [0.15, 0.2) is 0 Å². The van der Waals surface area contributed by atoms with Crippen LogP contribution in [-0.2, 0) is 14.3 Å². The Bertz CT molecular complexity index is 718. The van der Waals surface area contributed by atoms with Crippen LogP contribution in [-0.4, -0.2) is 29.6 Å². The summed E-state index contributed by atoms with van der Waals surface area (Å²) >= 11 is 0. The van der Waals surface area contributed by atoms with Gasteiger partial charge >= 0.3 is 5.97 Å². The lowest BCUT2D eigenvalue weighted by Crippen LogP contribution is -2.59. The molecule has 0 aliphatic heterocycles. The molecule has 4 saturated carbocycles. The summed E-state index contributed by atoms with van der Waals surface area (Å²) in [5.74, 6) is 3.34. The summed E-state index contributed by atoms with van der Waals surface area (Å²) in [5.41, 5.74) is 0.417. The van der Waals surface area contributed by atoms with E-state index in [1.807, 2.05) is 6.92 Å². The molecule has 0 spiro atoms. The summed E-state index contributed by atoms with van der Waals surface area (Å²) in [6, 6.07) is 0. The maximum Gasteiger partial charge on any atom is 0.305 e. The number of aliphatic hydroxyl groups excluding tert-OH is 1. The van der Waals surface area contributed by atoms with Crippen molar-refractivity contribution in [3.63, 3.8) is 0 Å². The number of ether oxygens (including phenoxy) is 1. The van der Waals surface area contributed by atoms with Gasteiger partial charge in [0.15, 0.2) is 0 Å². The minimum absolute atomic E-state index is 0.0749. The van der Waals surface area contributed by atoms with E-state index < -0.39 is 0 Å². The maximum atomic E-state index is 13.7. The van der Waals surface area contributed by atoms with Crippen LogP contribution < -0.4 is 0 Å². The molecule has 0 bridgehead atoms. The van der Waals surface area contributed by atoms with Crippen molar-refractivity contribution in [1.29, 1.82) is 0 Å². The van der Waals surface area contributed by atoms with Crippen molar-refractivity contribution in [3.8, 4) is 0 Å². The van der Waals surface area contributed by atoms with Crippen LogP contribution in [0.3, 0.4) is 0 Å². The molecule has 0 aromatic rings. The van der Waals surface area contributed by atoms with Crippen LogP contribution in [0.4, 0.5) is 0 Å². The first kappa shape index (κ1) is 24.2. The summed E-state index contributed by atoms with van der Waals surface area (Å²) in [6.45, 7) is 11.8. The molecule has 1 N–H and O–H groups in total. The van der Waals surface area contributed by atoms with E-state index in [-0.39, 0.29) is 34.7 Å². The summed E-state index contributed by atoms with van der Waals surface area (Å²) in [7, 11) is 0. The van der Waals surface area contributed by atoms with Gasteiger partial charge in [-0.2, -0.15) is 0 Å². The van der Waals surface area contributed by atoms with Gasteiger partial charge in [0.25, 0.3) is 0 Å². The summed E-state index contributed by atoms with van der Waals surface area (Å²) in [5, 5.41) is 10.7. The highest BCUT2D eigenvalue weighted by Crippen LogP contribution is 2.68. The minimum atomic E-state index is -0.229. The molecule has 4 fully saturated rings. The maximum absolute atomic E-state index is 13.7. The van der Waals surface area contributed by atoms with Crippen LogP contribution in [0.2, 0.25) is 0 Å². The van der Waals surface area contributed by atoms with Crippen molar-refractivity contribution in [2.45, 2.75) is 105 Å². The van der Waals surface area contributed by atoms with E-state index in [0.29, 0.717) is 54.8 Å². The fraction of sp³-hybridized carbons (Fsp3) is 0.929. The van der Waals surface area contributed by atoms with Gasteiger partial charge in [-0.15, -0.1) is 0 Å². The highest BCUT2D eigenvalue weighted by Gasteiger charge is 2.64. The molecule has 0 aromatic heterocycles. The molecule has 5 unspecified atom stereocenters. The summed E-state index contributed by atoms with van der Waals surface area (Å²) < 4.78 is 5.16. The second-order valence-corrected chi connectivity index (χ2v) is 12.2. The van der Waals surface area contributed by atoms with Crippen LogP contribution >= 0.6 is 0 Å². The molecule has 4 aliphatic rings. The average Bonchev–Trinajstić information content (AvgIpc) is 3.11. The van der Waals surface area contributed by atoms with E-state index in [2.05, 4.69) is 27.7 Å². The van der Waals surface area contributed by atoms with E-state index in [9.17, 15) is 14.7 Å². The van der Waals surface area contributed by atoms with E-state index in [0.717, 1.165) is 32.1 Å². The number of ketones is 1. The highest BCUT2D eigenvalue weighted by molar-refractivity contribution is 5.83. The van der Waals surface area contributed by atoms with Gasteiger partial charge in [0.05, 0.1) is 12.7 Å². The number of rotatable bonds is 6. The lowest BCUT2D eigenvalue weighted by atomic mass is 9.42. The third kappa shape index (κ3) is 3.77. The molecular formula is C28H46O4. The van der Waals surface area contributed by atoms with Crippen molar-refractivity contribution >= 4 is 11.8 Å². The quantitative estimate of drug-likeness (QED) is 0.524. The summed E-state index contributed by atoms with van der Waals surface area (Å²) in [6.07, 6.45) is 9.54. The number of carbonyl (C=O) groups excluding carboxylic acids is 2. The number of aliphatic hydroxyl groups is 1. The van der Waals surface area contributed by atoms with Crippen molar-refractivity contribution in [3.05, 3.63) is 0 Å². The normalized spacial score (nSPS) is 46.7. The molecule has 182 valence electrons. The van der Waals surface area contributed by atoms with E-state index in [1.54, 1.807) is 0 Å². The zero-order valence-corrected chi connectivity index (χ0v) is 21.1. The van der Waals surface area contributed by atoms with Crippen molar-refractivity contribution in [2.75, 3.05) is 6.61 Å². The Balaban J connectivity index is 1.53. The monoisotopic (exact) mass is 446 g/mol. The fourth-order valence-electron chi connectivity index (χ4n) is 9.45. The average molecular weight is 447 g/mol. The standard InChI is InChI=1S/C28H46O4/c1-6-18-22-16-24(30)26-20-10-9-19(17(3)8-11-25(31)32-7-2)27(20,4)14-12-21(26)28(22,5)15-13-23(18)29/h17-23,26,29H,6-16H2,1-5H3/t17-,18+,19?,20?,21?,22?,23-,26?,27-,28-/m1/s1. The molecule has 0 saturated heterocycles. The van der Waals surface area contributed by atoms with Gasteiger partial charge in [-0.05, 0) is 98.2 Å². The first-order valence-electron chi connectivity index (χ1n) is 13.5. The minimum Gasteiger partial charge on any atom is -0.466 e. The number of hydrogen-bond acceptors (Lipinski definition) is 4. The molecule has 0 aromatic carbocycles. The lowest BCUT2D eigenvalue weighted by Gasteiger charge is -2.62. The van der Waals surface area contributed by atoms with Gasteiger partial charge < -0.3 is 9.84 Å². The largest absolute Gasteiger partial charge is 0.466 e. The molecule has 4 heteroatoms. The Hall–Kier alpha value is -0.900. The predicted molar refractivity (Wildman–Crippen MR) is 126 cm³/mol. The van der Waals surface area contributed by atoms with Crippen LogP contribution in [0.1, 0.15) is 98.8 Å². The Kier molecular flexibility index (Phi) is 6.85. The molecular weight excluding hydrogens is 400 g/mol. The van der Waals surface area contributed by atoms with Gasteiger partial charge in [-0.1, -0.05) is 34.1 Å². The number of carbonyl (C=O) groups is 2. The van der Waals surface area contributed by atoms with Crippen molar-refractivity contribution in [1.82, 2.24) is 0 Å². The molecule has 32 heavy (non-hydrogen) atoms. The number of Topliss-reactive ketones (excluding diaryl/α,β-unsaturated/α-hetero) is 1. The molecule has 4 rings (SSSR count). The number of fused-ring (bicyclic) bond motifs is 5. The second kappa shape index (κ2) is 9.04. The molecule has 0 heterocycles. The van der Waals surface area contributed by atoms with Gasteiger partial charge in [0, 0.05) is 18.8 Å². The van der Waals surface area contributed by atoms with Crippen molar-refractivity contribution in [2.24, 2.45) is 52.3 Å². The zero-order chi connectivity index (χ0) is 23.3. The second-order valence-electron chi connectivity index (χ2n) is 12.2. The van der Waals surface area contributed by atoms with Gasteiger partial charge in [-0.3, -0.25) is 9.59 Å². The van der Waals surface area contributed by atoms with E-state index in [4.69, 9.17) is 4.74 Å². The molecule has 4 aliphatic carbocycles. The Labute approximate surface area is 195 Å². The topological polar surface area (TPSA) is 63.6 Å². The zero-order valence-electron chi connectivity index (χ0n) is 21.1. The Morgan fingerprint density at radius 1 is 1.06 bits per heavy atom. The number of esters is 1. The van der Waals surface area contributed by atoms with E-state index >= 15 is 0 Å². The molecule has 0 amide bonds. The van der Waals surface area contributed by atoms with Crippen LogP contribution in [0.5, 0.6) is 0 Å². The van der Waals surface area contributed by atoms with Crippen molar-refractivity contribution < 1.29 is 19.4 Å². The third-order valence-corrected chi connectivity index (χ3v) is 11.1.